The molecule has 0 radical (unpaired) electrons. The van der Waals surface area contributed by atoms with Gasteiger partial charge in [-0.3, -0.25) is 0 Å². The number of ether oxygens (including phenoxy) is 1. The molecular weight excluding hydrogens is 283 g/mol. The van der Waals surface area contributed by atoms with Crippen molar-refractivity contribution in [1.29, 1.82) is 0 Å². The van der Waals surface area contributed by atoms with E-state index in [2.05, 4.69) is 4.98 Å². The third-order valence-corrected chi connectivity index (χ3v) is 2.77. The molecule has 0 unspecified atom stereocenters. The van der Waals surface area contributed by atoms with Crippen LogP contribution in [-0.2, 0) is 5.88 Å². The van der Waals surface area contributed by atoms with Crippen molar-refractivity contribution in [2.24, 2.45) is 0 Å². The number of aromatic nitrogens is 1. The SMILES string of the molecule is Fc1ccc(Oc2nccc(CCl)c2F)c(Cl)c1. The van der Waals surface area contributed by atoms with Gasteiger partial charge in [0.05, 0.1) is 10.9 Å². The topological polar surface area (TPSA) is 22.1 Å². The molecule has 6 heteroatoms. The van der Waals surface area contributed by atoms with Gasteiger partial charge in [0, 0.05) is 11.8 Å². The van der Waals surface area contributed by atoms with Crippen LogP contribution >= 0.6 is 23.2 Å². The number of rotatable bonds is 3. The third kappa shape index (κ3) is 2.71. The average molecular weight is 290 g/mol. The zero-order chi connectivity index (χ0) is 13.1. The normalized spacial score (nSPS) is 10.4. The lowest BCUT2D eigenvalue weighted by atomic mass is 10.3. The maximum absolute atomic E-state index is 13.8. The first kappa shape index (κ1) is 13.1. The fourth-order valence-electron chi connectivity index (χ4n) is 1.30. The largest absolute Gasteiger partial charge is 0.435 e. The van der Waals surface area contributed by atoms with Crippen LogP contribution in [0.2, 0.25) is 5.02 Å². The van der Waals surface area contributed by atoms with Gasteiger partial charge in [-0.25, -0.2) is 13.8 Å². The lowest BCUT2D eigenvalue weighted by molar-refractivity contribution is 0.419. The number of benzene rings is 1. The van der Waals surface area contributed by atoms with Gasteiger partial charge in [0.1, 0.15) is 11.6 Å². The average Bonchev–Trinajstić information content (AvgIpc) is 2.35. The summed E-state index contributed by atoms with van der Waals surface area (Å²) in [4.78, 5) is 3.74. The fourth-order valence-corrected chi connectivity index (χ4v) is 1.71. The first-order chi connectivity index (χ1) is 8.61. The van der Waals surface area contributed by atoms with Crippen molar-refractivity contribution in [3.8, 4) is 11.6 Å². The molecule has 0 aliphatic carbocycles. The minimum Gasteiger partial charge on any atom is -0.435 e. The first-order valence-corrected chi connectivity index (χ1v) is 5.85. The molecule has 0 aliphatic rings. The van der Waals surface area contributed by atoms with E-state index in [1.54, 1.807) is 0 Å². The number of halogens is 4. The van der Waals surface area contributed by atoms with Gasteiger partial charge < -0.3 is 4.74 Å². The minimum atomic E-state index is -0.659. The molecule has 2 nitrogen and oxygen atoms in total. The summed E-state index contributed by atoms with van der Waals surface area (Å²) in [6, 6.07) is 4.97. The van der Waals surface area contributed by atoms with Gasteiger partial charge in [0.15, 0.2) is 5.82 Å². The lowest BCUT2D eigenvalue weighted by Gasteiger charge is -2.08. The quantitative estimate of drug-likeness (QED) is 0.774. The van der Waals surface area contributed by atoms with Crippen molar-refractivity contribution >= 4 is 23.2 Å². The van der Waals surface area contributed by atoms with Crippen molar-refractivity contribution in [2.45, 2.75) is 5.88 Å². The Labute approximate surface area is 112 Å². The zero-order valence-corrected chi connectivity index (χ0v) is 10.5. The molecule has 1 heterocycles. The van der Waals surface area contributed by atoms with E-state index in [9.17, 15) is 8.78 Å². The summed E-state index contributed by atoms with van der Waals surface area (Å²) in [5.41, 5.74) is 0.264. The Morgan fingerprint density at radius 1 is 1.22 bits per heavy atom. The number of nitrogens with zero attached hydrogens (tertiary/aromatic N) is 1. The van der Waals surface area contributed by atoms with Gasteiger partial charge >= 0.3 is 0 Å². The molecule has 2 rings (SSSR count). The van der Waals surface area contributed by atoms with Crippen molar-refractivity contribution < 1.29 is 13.5 Å². The van der Waals surface area contributed by atoms with Gasteiger partial charge in [0.2, 0.25) is 0 Å². The Morgan fingerprint density at radius 3 is 2.67 bits per heavy atom. The van der Waals surface area contributed by atoms with E-state index in [0.717, 1.165) is 12.1 Å². The van der Waals surface area contributed by atoms with E-state index >= 15 is 0 Å². The molecule has 0 bridgehead atoms. The predicted octanol–water partition coefficient (Wildman–Crippen LogP) is 4.54. The van der Waals surface area contributed by atoms with Crippen LogP contribution in [0.1, 0.15) is 5.56 Å². The van der Waals surface area contributed by atoms with Gasteiger partial charge in [-0.1, -0.05) is 11.6 Å². The lowest BCUT2D eigenvalue weighted by Crippen LogP contribution is -1.96. The molecule has 0 fully saturated rings. The summed E-state index contributed by atoms with van der Waals surface area (Å²) in [6.07, 6.45) is 1.37. The molecule has 0 N–H and O–H groups in total. The first-order valence-electron chi connectivity index (χ1n) is 4.94. The van der Waals surface area contributed by atoms with Crippen molar-refractivity contribution in [3.05, 3.63) is 52.7 Å². The Morgan fingerprint density at radius 2 is 2.00 bits per heavy atom. The molecule has 0 saturated heterocycles. The summed E-state index contributed by atoms with van der Waals surface area (Å²) in [5, 5.41) is 0.0347. The Bertz CT molecular complexity index is 578. The van der Waals surface area contributed by atoms with Crippen LogP contribution in [0, 0.1) is 11.6 Å². The monoisotopic (exact) mass is 289 g/mol. The van der Waals surface area contributed by atoms with E-state index in [-0.39, 0.29) is 28.1 Å². The zero-order valence-electron chi connectivity index (χ0n) is 8.96. The molecule has 18 heavy (non-hydrogen) atoms. The van der Waals surface area contributed by atoms with Gasteiger partial charge in [-0.2, -0.15) is 0 Å². The summed E-state index contributed by atoms with van der Waals surface area (Å²) in [7, 11) is 0. The maximum atomic E-state index is 13.8. The molecule has 0 atom stereocenters. The predicted molar refractivity (Wildman–Crippen MR) is 65.2 cm³/mol. The fraction of sp³-hybridized carbons (Fsp3) is 0.0833. The van der Waals surface area contributed by atoms with Gasteiger partial charge in [-0.15, -0.1) is 11.6 Å². The van der Waals surface area contributed by atoms with E-state index in [4.69, 9.17) is 27.9 Å². The highest BCUT2D eigenvalue weighted by Gasteiger charge is 2.12. The molecule has 2 aromatic rings. The Balaban J connectivity index is 2.34. The summed E-state index contributed by atoms with van der Waals surface area (Å²) in [5.74, 6) is -1.29. The maximum Gasteiger partial charge on any atom is 0.256 e. The van der Waals surface area contributed by atoms with Gasteiger partial charge in [0.25, 0.3) is 5.88 Å². The van der Waals surface area contributed by atoms with Crippen LogP contribution in [-0.4, -0.2) is 4.98 Å². The summed E-state index contributed by atoms with van der Waals surface area (Å²) in [6.45, 7) is 0. The second-order valence-corrected chi connectivity index (χ2v) is 4.07. The molecule has 1 aromatic carbocycles. The van der Waals surface area contributed by atoms with E-state index < -0.39 is 11.6 Å². The standard InChI is InChI=1S/C12H7Cl2F2NO/c13-6-7-3-4-17-12(11(7)16)18-10-2-1-8(15)5-9(10)14/h1-5H,6H2. The van der Waals surface area contributed by atoms with E-state index in [0.29, 0.717) is 0 Å². The number of alkyl halides is 1. The Kier molecular flexibility index (Phi) is 3.99. The van der Waals surface area contributed by atoms with Crippen LogP contribution < -0.4 is 4.74 Å². The highest BCUT2D eigenvalue weighted by atomic mass is 35.5. The second-order valence-electron chi connectivity index (χ2n) is 3.40. The van der Waals surface area contributed by atoms with Crippen LogP contribution in [0.15, 0.2) is 30.5 Å². The smallest absolute Gasteiger partial charge is 0.256 e. The highest BCUT2D eigenvalue weighted by molar-refractivity contribution is 6.32. The van der Waals surface area contributed by atoms with E-state index in [1.165, 1.54) is 18.3 Å². The molecule has 0 saturated carbocycles. The van der Waals surface area contributed by atoms with Gasteiger partial charge in [-0.05, 0) is 24.3 Å². The molecule has 0 amide bonds. The number of pyridine rings is 1. The van der Waals surface area contributed by atoms with Crippen molar-refractivity contribution in [1.82, 2.24) is 4.98 Å². The molecule has 0 aliphatic heterocycles. The van der Waals surface area contributed by atoms with Crippen LogP contribution in [0.25, 0.3) is 0 Å². The number of hydrogen-bond acceptors (Lipinski definition) is 2. The van der Waals surface area contributed by atoms with Crippen molar-refractivity contribution in [3.63, 3.8) is 0 Å². The highest BCUT2D eigenvalue weighted by Crippen LogP contribution is 2.30. The minimum absolute atomic E-state index is 0.00185. The molecule has 94 valence electrons. The van der Waals surface area contributed by atoms with E-state index in [1.807, 2.05) is 0 Å². The summed E-state index contributed by atoms with van der Waals surface area (Å²) >= 11 is 11.3. The van der Waals surface area contributed by atoms with Crippen LogP contribution in [0.3, 0.4) is 0 Å². The van der Waals surface area contributed by atoms with Crippen molar-refractivity contribution in [2.75, 3.05) is 0 Å². The Hall–Kier alpha value is -1.39. The number of hydrogen-bond donors (Lipinski definition) is 0. The molecule has 0 spiro atoms. The third-order valence-electron chi connectivity index (χ3n) is 2.18. The second kappa shape index (κ2) is 5.50. The molecule has 1 aromatic heterocycles. The molecular formula is C12H7Cl2F2NO. The summed E-state index contributed by atoms with van der Waals surface area (Å²) < 4.78 is 31.8. The van der Waals surface area contributed by atoms with Crippen LogP contribution in [0.5, 0.6) is 11.6 Å². The van der Waals surface area contributed by atoms with Crippen LogP contribution in [0.4, 0.5) is 8.78 Å².